The predicted molar refractivity (Wildman–Crippen MR) is 99.0 cm³/mol. The number of methoxy groups -OCH3 is 1. The van der Waals surface area contributed by atoms with E-state index in [2.05, 4.69) is 5.10 Å². The highest BCUT2D eigenvalue weighted by Crippen LogP contribution is 2.24. The number of ether oxygens (including phenoxy) is 1. The van der Waals surface area contributed by atoms with Crippen molar-refractivity contribution in [3.05, 3.63) is 84.2 Å². The van der Waals surface area contributed by atoms with Crippen LogP contribution in [-0.2, 0) is 14.5 Å². The Bertz CT molecular complexity index is 984. The molecule has 0 N–H and O–H groups in total. The van der Waals surface area contributed by atoms with Crippen LogP contribution in [-0.4, -0.2) is 37.1 Å². The number of aromatic nitrogens is 2. The second-order valence-corrected chi connectivity index (χ2v) is 7.14. The van der Waals surface area contributed by atoms with Crippen molar-refractivity contribution in [2.45, 2.75) is 5.92 Å². The molecule has 0 amide bonds. The molecule has 7 nitrogen and oxygen atoms in total. The van der Waals surface area contributed by atoms with Gasteiger partial charge in [0.1, 0.15) is 5.75 Å². The second-order valence-electron chi connectivity index (χ2n) is 5.68. The molecule has 140 valence electrons. The molecule has 0 spiro atoms. The molecule has 2 aromatic carbocycles. The molecule has 0 saturated heterocycles. The number of hydrogen-bond donors (Lipinski definition) is 0. The third-order valence-corrected chi connectivity index (χ3v) is 5.09. The number of carbonyl (C=O) groups is 1. The van der Waals surface area contributed by atoms with E-state index in [1.807, 2.05) is 6.07 Å². The van der Waals surface area contributed by atoms with Gasteiger partial charge in [-0.3, -0.25) is 8.98 Å². The molecule has 1 aromatic heterocycles. The summed E-state index contributed by atoms with van der Waals surface area (Å²) in [5.74, 6) is -0.412. The van der Waals surface area contributed by atoms with E-state index >= 15 is 0 Å². The number of ketones is 1. The van der Waals surface area contributed by atoms with E-state index in [0.29, 0.717) is 21.0 Å². The molecule has 8 heteroatoms. The fourth-order valence-corrected chi connectivity index (χ4v) is 3.37. The largest absolute Gasteiger partial charge is 0.497 e. The van der Waals surface area contributed by atoms with Gasteiger partial charge in [-0.1, -0.05) is 30.3 Å². The number of hydrogen-bond acceptors (Lipinski definition) is 6. The third kappa shape index (κ3) is 4.42. The molecule has 1 atom stereocenters. The van der Waals surface area contributed by atoms with Crippen LogP contribution in [0.3, 0.4) is 0 Å². The van der Waals surface area contributed by atoms with Crippen molar-refractivity contribution in [3.63, 3.8) is 0 Å². The lowest BCUT2D eigenvalue weighted by Gasteiger charge is -2.17. The minimum Gasteiger partial charge on any atom is -0.497 e. The summed E-state index contributed by atoms with van der Waals surface area (Å²) in [6.45, 7) is -0.336. The summed E-state index contributed by atoms with van der Waals surface area (Å²) in [7, 11) is -2.57. The number of benzene rings is 2. The summed E-state index contributed by atoms with van der Waals surface area (Å²) in [6, 6.07) is 17.0. The lowest BCUT2D eigenvalue weighted by Crippen LogP contribution is -2.24. The van der Waals surface area contributed by atoms with Crippen LogP contribution in [0.1, 0.15) is 21.8 Å². The van der Waals surface area contributed by atoms with Gasteiger partial charge < -0.3 is 4.74 Å². The number of rotatable bonds is 8. The highest BCUT2D eigenvalue weighted by Gasteiger charge is 2.26. The monoisotopic (exact) mass is 386 g/mol. The van der Waals surface area contributed by atoms with Crippen molar-refractivity contribution in [2.24, 2.45) is 0 Å². The number of Topliss-reactive ketones (excluding diaryl/α,β-unsaturated/α-hetero) is 1. The summed E-state index contributed by atoms with van der Waals surface area (Å²) < 4.78 is 35.4. The van der Waals surface area contributed by atoms with Crippen molar-refractivity contribution < 1.29 is 22.1 Å². The van der Waals surface area contributed by atoms with Crippen LogP contribution >= 0.6 is 0 Å². The average Bonchev–Trinajstić information content (AvgIpc) is 3.25. The van der Waals surface area contributed by atoms with Gasteiger partial charge >= 0.3 is 10.3 Å². The van der Waals surface area contributed by atoms with Gasteiger partial charge in [0.15, 0.2) is 5.78 Å². The van der Waals surface area contributed by atoms with Gasteiger partial charge in [-0.05, 0) is 35.9 Å². The molecule has 0 radical (unpaired) electrons. The van der Waals surface area contributed by atoms with E-state index in [-0.39, 0.29) is 12.4 Å². The van der Waals surface area contributed by atoms with Crippen LogP contribution in [0.2, 0.25) is 0 Å². The minimum absolute atomic E-state index is 0.250. The summed E-state index contributed by atoms with van der Waals surface area (Å²) in [5, 5.41) is 3.67. The molecule has 0 fully saturated rings. The Balaban J connectivity index is 1.86. The highest BCUT2D eigenvalue weighted by atomic mass is 32.2. The Kier molecular flexibility index (Phi) is 5.68. The molecule has 0 aliphatic carbocycles. The molecule has 0 saturated carbocycles. The Hall–Kier alpha value is -2.97. The molecule has 0 bridgehead atoms. The highest BCUT2D eigenvalue weighted by molar-refractivity contribution is 7.85. The third-order valence-electron chi connectivity index (χ3n) is 3.99. The molecule has 27 heavy (non-hydrogen) atoms. The molecule has 3 rings (SSSR count). The Labute approximate surface area is 157 Å². The first-order valence-electron chi connectivity index (χ1n) is 8.14. The van der Waals surface area contributed by atoms with E-state index in [1.165, 1.54) is 25.6 Å². The molecule has 1 heterocycles. The van der Waals surface area contributed by atoms with E-state index in [1.54, 1.807) is 48.5 Å². The SMILES string of the molecule is COc1ccc(C(=O)C(COS(=O)(=O)n2cccn2)c2ccccc2)cc1. The first kappa shape index (κ1) is 18.8. The normalized spacial score (nSPS) is 12.5. The van der Waals surface area contributed by atoms with Gasteiger partial charge in [0.25, 0.3) is 0 Å². The maximum atomic E-state index is 13.0. The fourth-order valence-electron chi connectivity index (χ4n) is 2.56. The minimum atomic E-state index is -4.11. The molecular weight excluding hydrogens is 368 g/mol. The van der Waals surface area contributed by atoms with E-state index < -0.39 is 16.2 Å². The maximum absolute atomic E-state index is 13.0. The van der Waals surface area contributed by atoms with Crippen molar-refractivity contribution in [1.82, 2.24) is 9.19 Å². The molecule has 0 aliphatic heterocycles. The zero-order chi connectivity index (χ0) is 19.3. The van der Waals surface area contributed by atoms with Crippen molar-refractivity contribution in [1.29, 1.82) is 0 Å². The van der Waals surface area contributed by atoms with Gasteiger partial charge in [-0.25, -0.2) is 0 Å². The Morgan fingerprint density at radius 1 is 1.07 bits per heavy atom. The molecule has 3 aromatic rings. The zero-order valence-corrected chi connectivity index (χ0v) is 15.4. The molecule has 1 unspecified atom stereocenters. The van der Waals surface area contributed by atoms with Crippen LogP contribution < -0.4 is 4.74 Å². The average molecular weight is 386 g/mol. The van der Waals surface area contributed by atoms with Gasteiger partial charge in [0.05, 0.1) is 25.8 Å². The smallest absolute Gasteiger partial charge is 0.381 e. The topological polar surface area (TPSA) is 87.5 Å². The van der Waals surface area contributed by atoms with Gasteiger partial charge in [-0.15, -0.1) is 4.09 Å². The van der Waals surface area contributed by atoms with Crippen LogP contribution in [0.5, 0.6) is 5.75 Å². The Morgan fingerprint density at radius 3 is 2.37 bits per heavy atom. The lowest BCUT2D eigenvalue weighted by atomic mass is 9.91. The Morgan fingerprint density at radius 2 is 1.78 bits per heavy atom. The standard InChI is InChI=1S/C19H18N2O5S/c1-25-17-10-8-16(9-11-17)19(22)18(15-6-3-2-4-7-15)14-26-27(23,24)21-13-5-12-20-21/h2-13,18H,14H2,1H3. The number of carbonyl (C=O) groups excluding carboxylic acids is 1. The summed E-state index contributed by atoms with van der Waals surface area (Å²) in [5.41, 5.74) is 1.10. The maximum Gasteiger partial charge on any atom is 0.381 e. The van der Waals surface area contributed by atoms with Crippen molar-refractivity contribution in [3.8, 4) is 5.75 Å². The van der Waals surface area contributed by atoms with Crippen LogP contribution in [0, 0.1) is 0 Å². The summed E-state index contributed by atoms with van der Waals surface area (Å²) in [4.78, 5) is 13.0. The van der Waals surface area contributed by atoms with Crippen LogP contribution in [0.25, 0.3) is 0 Å². The zero-order valence-electron chi connectivity index (χ0n) is 14.6. The van der Waals surface area contributed by atoms with Gasteiger partial charge in [0.2, 0.25) is 0 Å². The fraction of sp³-hybridized carbons (Fsp3) is 0.158. The first-order chi connectivity index (χ1) is 13.0. The lowest BCUT2D eigenvalue weighted by molar-refractivity contribution is 0.0932. The van der Waals surface area contributed by atoms with E-state index in [0.717, 1.165) is 0 Å². The molecular formula is C19H18N2O5S. The number of nitrogens with zero attached hydrogens (tertiary/aromatic N) is 2. The van der Waals surface area contributed by atoms with Gasteiger partial charge in [-0.2, -0.15) is 13.5 Å². The molecule has 0 aliphatic rings. The quantitative estimate of drug-likeness (QED) is 0.553. The van der Waals surface area contributed by atoms with Crippen LogP contribution in [0.15, 0.2) is 73.1 Å². The van der Waals surface area contributed by atoms with E-state index in [4.69, 9.17) is 8.92 Å². The summed E-state index contributed by atoms with van der Waals surface area (Å²) >= 11 is 0. The van der Waals surface area contributed by atoms with E-state index in [9.17, 15) is 13.2 Å². The van der Waals surface area contributed by atoms with Gasteiger partial charge in [0, 0.05) is 11.8 Å². The predicted octanol–water partition coefficient (Wildman–Crippen LogP) is 2.67. The van der Waals surface area contributed by atoms with Crippen molar-refractivity contribution in [2.75, 3.05) is 13.7 Å². The van der Waals surface area contributed by atoms with Crippen LogP contribution in [0.4, 0.5) is 0 Å². The first-order valence-corrected chi connectivity index (χ1v) is 9.50. The van der Waals surface area contributed by atoms with Crippen molar-refractivity contribution >= 4 is 16.1 Å². The summed E-state index contributed by atoms with van der Waals surface area (Å²) in [6.07, 6.45) is 2.59. The second kappa shape index (κ2) is 8.15.